The number of methoxy groups -OCH3 is 1. The van der Waals surface area contributed by atoms with E-state index in [1.807, 2.05) is 0 Å². The predicted molar refractivity (Wildman–Crippen MR) is 77.8 cm³/mol. The van der Waals surface area contributed by atoms with Crippen molar-refractivity contribution in [2.24, 2.45) is 0 Å². The fourth-order valence-corrected chi connectivity index (χ4v) is 2.02. The standard InChI is InChI=1S/C15H19NO6/c1-4-15(2,14(18)19)16-13(17)9-7-10(20-3)12-11(8-9)21-5-6-22-12/h7-8H,4-6H2,1-3H3,(H,16,17)(H,18,19)/t15-/m0/s1. The molecule has 0 saturated carbocycles. The molecule has 1 aromatic carbocycles. The lowest BCUT2D eigenvalue weighted by atomic mass is 9.98. The molecule has 7 nitrogen and oxygen atoms in total. The minimum Gasteiger partial charge on any atom is -0.493 e. The van der Waals surface area contributed by atoms with Gasteiger partial charge in [0.25, 0.3) is 5.91 Å². The second-order valence-corrected chi connectivity index (χ2v) is 5.15. The van der Waals surface area contributed by atoms with Gasteiger partial charge in [0.15, 0.2) is 11.5 Å². The van der Waals surface area contributed by atoms with Gasteiger partial charge in [-0.2, -0.15) is 0 Å². The van der Waals surface area contributed by atoms with Crippen molar-refractivity contribution in [2.75, 3.05) is 20.3 Å². The molecular weight excluding hydrogens is 290 g/mol. The number of ether oxygens (including phenoxy) is 3. The molecule has 1 heterocycles. The minimum atomic E-state index is -1.34. The van der Waals surface area contributed by atoms with Crippen LogP contribution in [0.25, 0.3) is 0 Å². The molecule has 0 aliphatic carbocycles. The Morgan fingerprint density at radius 2 is 2.05 bits per heavy atom. The van der Waals surface area contributed by atoms with Crippen molar-refractivity contribution in [3.05, 3.63) is 17.7 Å². The van der Waals surface area contributed by atoms with Gasteiger partial charge in [-0.05, 0) is 25.5 Å². The first-order valence-corrected chi connectivity index (χ1v) is 6.95. The number of rotatable bonds is 5. The number of carbonyl (C=O) groups is 2. The minimum absolute atomic E-state index is 0.252. The average molecular weight is 309 g/mol. The van der Waals surface area contributed by atoms with Crippen LogP contribution in [0.3, 0.4) is 0 Å². The zero-order valence-corrected chi connectivity index (χ0v) is 12.8. The molecule has 0 unspecified atom stereocenters. The summed E-state index contributed by atoms with van der Waals surface area (Å²) >= 11 is 0. The van der Waals surface area contributed by atoms with Gasteiger partial charge in [-0.25, -0.2) is 4.79 Å². The maximum absolute atomic E-state index is 12.4. The first-order valence-electron chi connectivity index (χ1n) is 6.95. The summed E-state index contributed by atoms with van der Waals surface area (Å²) in [5.41, 5.74) is -1.08. The van der Waals surface area contributed by atoms with E-state index in [0.717, 1.165) is 0 Å². The quantitative estimate of drug-likeness (QED) is 0.855. The molecule has 0 aromatic heterocycles. The first-order chi connectivity index (χ1) is 10.4. The first kappa shape index (κ1) is 15.9. The Morgan fingerprint density at radius 3 is 2.64 bits per heavy atom. The van der Waals surface area contributed by atoms with Crippen LogP contribution in [0, 0.1) is 0 Å². The highest BCUT2D eigenvalue weighted by Gasteiger charge is 2.33. The highest BCUT2D eigenvalue weighted by Crippen LogP contribution is 2.40. The Bertz CT molecular complexity index is 583. The summed E-state index contributed by atoms with van der Waals surface area (Å²) in [6, 6.07) is 3.02. The number of hydrogen-bond donors (Lipinski definition) is 2. The molecule has 1 aliphatic heterocycles. The van der Waals surface area contributed by atoms with Crippen LogP contribution in [-0.4, -0.2) is 42.8 Å². The molecule has 120 valence electrons. The number of hydrogen-bond acceptors (Lipinski definition) is 5. The molecule has 1 atom stereocenters. The third-order valence-corrected chi connectivity index (χ3v) is 3.66. The second-order valence-electron chi connectivity index (χ2n) is 5.15. The van der Waals surface area contributed by atoms with Crippen LogP contribution in [-0.2, 0) is 4.79 Å². The van der Waals surface area contributed by atoms with E-state index in [4.69, 9.17) is 14.2 Å². The van der Waals surface area contributed by atoms with E-state index in [0.29, 0.717) is 30.5 Å². The van der Waals surface area contributed by atoms with Crippen LogP contribution in [0.1, 0.15) is 30.6 Å². The van der Waals surface area contributed by atoms with Gasteiger partial charge in [0.2, 0.25) is 5.75 Å². The normalized spacial score (nSPS) is 15.6. The van der Waals surface area contributed by atoms with Gasteiger partial charge in [-0.1, -0.05) is 6.92 Å². The summed E-state index contributed by atoms with van der Waals surface area (Å²) in [7, 11) is 1.46. The van der Waals surface area contributed by atoms with Crippen molar-refractivity contribution in [3.8, 4) is 17.2 Å². The summed E-state index contributed by atoms with van der Waals surface area (Å²) in [4.78, 5) is 23.6. The number of carboxylic acids is 1. The summed E-state index contributed by atoms with van der Waals surface area (Å²) in [6.07, 6.45) is 0.260. The largest absolute Gasteiger partial charge is 0.493 e. The van der Waals surface area contributed by atoms with Gasteiger partial charge in [0.1, 0.15) is 18.8 Å². The van der Waals surface area contributed by atoms with E-state index < -0.39 is 17.4 Å². The Hall–Kier alpha value is -2.44. The zero-order chi connectivity index (χ0) is 16.3. The van der Waals surface area contributed by atoms with Crippen molar-refractivity contribution >= 4 is 11.9 Å². The molecule has 0 saturated heterocycles. The molecule has 0 radical (unpaired) electrons. The van der Waals surface area contributed by atoms with Crippen molar-refractivity contribution < 1.29 is 28.9 Å². The summed E-state index contributed by atoms with van der Waals surface area (Å²) in [5.74, 6) is -0.378. The van der Waals surface area contributed by atoms with Crippen molar-refractivity contribution in [1.82, 2.24) is 5.32 Å². The average Bonchev–Trinajstić information content (AvgIpc) is 2.53. The number of amides is 1. The molecule has 22 heavy (non-hydrogen) atoms. The van der Waals surface area contributed by atoms with Crippen LogP contribution >= 0.6 is 0 Å². The molecule has 7 heteroatoms. The van der Waals surface area contributed by atoms with Crippen LogP contribution in [0.4, 0.5) is 0 Å². The molecule has 1 aliphatic rings. The van der Waals surface area contributed by atoms with E-state index in [2.05, 4.69) is 5.32 Å². The molecule has 0 bridgehead atoms. The maximum atomic E-state index is 12.4. The highest BCUT2D eigenvalue weighted by molar-refractivity contribution is 5.98. The lowest BCUT2D eigenvalue weighted by Crippen LogP contribution is -2.51. The van der Waals surface area contributed by atoms with Gasteiger partial charge >= 0.3 is 5.97 Å². The fraction of sp³-hybridized carbons (Fsp3) is 0.467. The van der Waals surface area contributed by atoms with E-state index in [1.54, 1.807) is 6.92 Å². The summed E-state index contributed by atoms with van der Waals surface area (Å²) in [6.45, 7) is 3.94. The maximum Gasteiger partial charge on any atom is 0.329 e. The van der Waals surface area contributed by atoms with Gasteiger partial charge < -0.3 is 24.6 Å². The second kappa shape index (κ2) is 6.13. The molecule has 2 rings (SSSR count). The predicted octanol–water partition coefficient (Wildman–Crippen LogP) is 1.45. The van der Waals surface area contributed by atoms with Crippen LogP contribution in [0.15, 0.2) is 12.1 Å². The van der Waals surface area contributed by atoms with Crippen LogP contribution < -0.4 is 19.5 Å². The number of carboxylic acid groups (broad SMARTS) is 1. The Kier molecular flexibility index (Phi) is 4.44. The molecule has 1 amide bonds. The van der Waals surface area contributed by atoms with E-state index in [-0.39, 0.29) is 12.0 Å². The molecule has 0 spiro atoms. The summed E-state index contributed by atoms with van der Waals surface area (Å²) in [5, 5.41) is 11.8. The number of benzene rings is 1. The Balaban J connectivity index is 2.32. The highest BCUT2D eigenvalue weighted by atomic mass is 16.6. The topological polar surface area (TPSA) is 94.1 Å². The lowest BCUT2D eigenvalue weighted by Gasteiger charge is -2.25. The number of nitrogens with one attached hydrogen (secondary N) is 1. The SMILES string of the molecule is CC[C@](C)(NC(=O)c1cc(OC)c2c(c1)OCCO2)C(=O)O. The van der Waals surface area contributed by atoms with Gasteiger partial charge in [0, 0.05) is 5.56 Å². The van der Waals surface area contributed by atoms with Gasteiger partial charge in [0.05, 0.1) is 7.11 Å². The van der Waals surface area contributed by atoms with Gasteiger partial charge in [-0.3, -0.25) is 4.79 Å². The van der Waals surface area contributed by atoms with Crippen LogP contribution in [0.2, 0.25) is 0 Å². The summed E-state index contributed by atoms with van der Waals surface area (Å²) < 4.78 is 16.1. The van der Waals surface area contributed by atoms with Crippen molar-refractivity contribution in [2.45, 2.75) is 25.8 Å². The van der Waals surface area contributed by atoms with Gasteiger partial charge in [-0.15, -0.1) is 0 Å². The monoisotopic (exact) mass is 309 g/mol. The number of aliphatic carboxylic acids is 1. The lowest BCUT2D eigenvalue weighted by molar-refractivity contribution is -0.143. The fourth-order valence-electron chi connectivity index (χ4n) is 2.02. The van der Waals surface area contributed by atoms with Crippen molar-refractivity contribution in [3.63, 3.8) is 0 Å². The molecular formula is C15H19NO6. The number of fused-ring (bicyclic) bond motifs is 1. The number of carbonyl (C=O) groups excluding carboxylic acids is 1. The third kappa shape index (κ3) is 2.93. The molecule has 1 aromatic rings. The molecule has 2 N–H and O–H groups in total. The smallest absolute Gasteiger partial charge is 0.329 e. The Labute approximate surface area is 128 Å². The van der Waals surface area contributed by atoms with E-state index in [1.165, 1.54) is 26.2 Å². The van der Waals surface area contributed by atoms with E-state index >= 15 is 0 Å². The third-order valence-electron chi connectivity index (χ3n) is 3.66. The Morgan fingerprint density at radius 1 is 1.36 bits per heavy atom. The van der Waals surface area contributed by atoms with Crippen molar-refractivity contribution in [1.29, 1.82) is 0 Å². The zero-order valence-electron chi connectivity index (χ0n) is 12.8. The molecule has 0 fully saturated rings. The van der Waals surface area contributed by atoms with E-state index in [9.17, 15) is 14.7 Å². The van der Waals surface area contributed by atoms with Crippen LogP contribution in [0.5, 0.6) is 17.2 Å².